The molecular formula is C18H19N3O5S. The first-order valence-electron chi connectivity index (χ1n) is 7.97. The Morgan fingerprint density at radius 1 is 1.26 bits per heavy atom. The van der Waals surface area contributed by atoms with E-state index in [-0.39, 0.29) is 18.5 Å². The highest BCUT2D eigenvalue weighted by Crippen LogP contribution is 2.22. The number of hydrogen-bond donors (Lipinski definition) is 2. The Kier molecular flexibility index (Phi) is 5.83. The SMILES string of the molecule is CC(CCn1ccc(-c2ccc(C#N)cc2)cc1=O)(C(=O)NO)S(C)(=O)=O. The Hall–Kier alpha value is -2.96. The van der Waals surface area contributed by atoms with E-state index < -0.39 is 20.5 Å². The van der Waals surface area contributed by atoms with Gasteiger partial charge in [0.25, 0.3) is 11.5 Å². The first-order chi connectivity index (χ1) is 12.6. The van der Waals surface area contributed by atoms with Crippen LogP contribution in [0.1, 0.15) is 18.9 Å². The molecule has 142 valence electrons. The van der Waals surface area contributed by atoms with Crippen molar-refractivity contribution in [2.24, 2.45) is 0 Å². The average molecular weight is 389 g/mol. The third kappa shape index (κ3) is 4.24. The summed E-state index contributed by atoms with van der Waals surface area (Å²) in [6, 6.07) is 11.8. The summed E-state index contributed by atoms with van der Waals surface area (Å²) in [5.74, 6) is -1.05. The fraction of sp³-hybridized carbons (Fsp3) is 0.278. The number of carbonyl (C=O) groups excluding carboxylic acids is 1. The van der Waals surface area contributed by atoms with Crippen LogP contribution in [0.5, 0.6) is 0 Å². The van der Waals surface area contributed by atoms with Crippen LogP contribution < -0.4 is 11.0 Å². The molecule has 0 fully saturated rings. The molecule has 1 atom stereocenters. The van der Waals surface area contributed by atoms with Crippen LogP contribution in [-0.2, 0) is 21.2 Å². The van der Waals surface area contributed by atoms with Gasteiger partial charge in [-0.05, 0) is 42.7 Å². The molecule has 0 saturated carbocycles. The second-order valence-corrected chi connectivity index (χ2v) is 8.78. The zero-order chi connectivity index (χ0) is 20.2. The first-order valence-corrected chi connectivity index (χ1v) is 9.86. The highest BCUT2D eigenvalue weighted by Gasteiger charge is 2.43. The predicted molar refractivity (Wildman–Crippen MR) is 98.6 cm³/mol. The van der Waals surface area contributed by atoms with Crippen molar-refractivity contribution >= 4 is 15.7 Å². The minimum atomic E-state index is -3.83. The van der Waals surface area contributed by atoms with Gasteiger partial charge in [0.15, 0.2) is 14.6 Å². The van der Waals surface area contributed by atoms with Gasteiger partial charge in [-0.25, -0.2) is 13.9 Å². The average Bonchev–Trinajstić information content (AvgIpc) is 2.65. The number of nitriles is 1. The smallest absolute Gasteiger partial charge is 0.264 e. The second-order valence-electron chi connectivity index (χ2n) is 6.33. The second kappa shape index (κ2) is 7.73. The van der Waals surface area contributed by atoms with Crippen LogP contribution in [0.2, 0.25) is 0 Å². The molecule has 2 N–H and O–H groups in total. The Balaban J connectivity index is 2.27. The third-order valence-electron chi connectivity index (χ3n) is 4.57. The topological polar surface area (TPSA) is 129 Å². The molecule has 9 heteroatoms. The summed E-state index contributed by atoms with van der Waals surface area (Å²) >= 11 is 0. The molecule has 1 unspecified atom stereocenters. The van der Waals surface area contributed by atoms with E-state index in [2.05, 4.69) is 0 Å². The van der Waals surface area contributed by atoms with Crippen molar-refractivity contribution in [1.29, 1.82) is 5.26 Å². The lowest BCUT2D eigenvalue weighted by Gasteiger charge is -2.25. The van der Waals surface area contributed by atoms with E-state index in [4.69, 9.17) is 10.5 Å². The van der Waals surface area contributed by atoms with Crippen molar-refractivity contribution in [2.45, 2.75) is 24.6 Å². The van der Waals surface area contributed by atoms with Gasteiger partial charge in [-0.15, -0.1) is 0 Å². The standard InChI is InChI=1S/C18H19N3O5S/c1-18(17(23)20-24,27(2,25)26)8-10-21-9-7-15(11-16(21)22)14-5-3-13(12-19)4-6-14/h3-7,9,11,24H,8,10H2,1-2H3,(H,20,23). The molecule has 1 aromatic heterocycles. The number of aromatic nitrogens is 1. The molecule has 0 radical (unpaired) electrons. The maximum Gasteiger partial charge on any atom is 0.264 e. The van der Waals surface area contributed by atoms with Gasteiger partial charge in [0.05, 0.1) is 11.6 Å². The molecule has 0 bridgehead atoms. The maximum atomic E-state index is 12.4. The lowest BCUT2D eigenvalue weighted by atomic mass is 10.0. The number of sulfone groups is 1. The monoisotopic (exact) mass is 389 g/mol. The van der Waals surface area contributed by atoms with E-state index in [1.165, 1.54) is 29.2 Å². The fourth-order valence-electron chi connectivity index (χ4n) is 2.53. The number of rotatable bonds is 6. The van der Waals surface area contributed by atoms with Crippen LogP contribution in [0.25, 0.3) is 11.1 Å². The summed E-state index contributed by atoms with van der Waals surface area (Å²) < 4.78 is 23.4. The molecule has 1 aromatic carbocycles. The van der Waals surface area contributed by atoms with Gasteiger partial charge in [-0.3, -0.25) is 14.8 Å². The van der Waals surface area contributed by atoms with Crippen LogP contribution in [0.4, 0.5) is 0 Å². The van der Waals surface area contributed by atoms with Gasteiger partial charge in [-0.1, -0.05) is 12.1 Å². The van der Waals surface area contributed by atoms with E-state index in [0.717, 1.165) is 11.8 Å². The van der Waals surface area contributed by atoms with Gasteiger partial charge < -0.3 is 4.57 Å². The third-order valence-corrected chi connectivity index (χ3v) is 6.60. The Morgan fingerprint density at radius 2 is 1.89 bits per heavy atom. The number of carbonyl (C=O) groups is 1. The molecule has 0 aliphatic rings. The first kappa shape index (κ1) is 20.4. The number of hydrogen-bond acceptors (Lipinski definition) is 6. The Morgan fingerprint density at radius 3 is 2.37 bits per heavy atom. The predicted octanol–water partition coefficient (Wildman–Crippen LogP) is 1.09. The van der Waals surface area contributed by atoms with Gasteiger partial charge >= 0.3 is 0 Å². The minimum absolute atomic E-state index is 0.0243. The fourth-order valence-corrected chi connectivity index (χ4v) is 3.37. The zero-order valence-corrected chi connectivity index (χ0v) is 15.7. The van der Waals surface area contributed by atoms with Crippen molar-refractivity contribution in [1.82, 2.24) is 10.0 Å². The molecule has 1 heterocycles. The quantitative estimate of drug-likeness (QED) is 0.562. The highest BCUT2D eigenvalue weighted by atomic mass is 32.2. The Labute approximate surface area is 156 Å². The molecule has 1 amide bonds. The summed E-state index contributed by atoms with van der Waals surface area (Å²) in [5, 5.41) is 17.7. The normalized spacial score (nSPS) is 13.4. The summed E-state index contributed by atoms with van der Waals surface area (Å²) in [6.07, 6.45) is 2.22. The van der Waals surface area contributed by atoms with E-state index in [9.17, 15) is 18.0 Å². The maximum absolute atomic E-state index is 12.4. The molecule has 0 spiro atoms. The van der Waals surface area contributed by atoms with E-state index in [1.807, 2.05) is 6.07 Å². The molecule has 0 saturated heterocycles. The van der Waals surface area contributed by atoms with Crippen molar-refractivity contribution in [3.05, 3.63) is 58.5 Å². The van der Waals surface area contributed by atoms with Gasteiger partial charge in [0.1, 0.15) is 0 Å². The number of aryl methyl sites for hydroxylation is 1. The number of hydroxylamine groups is 1. The van der Waals surface area contributed by atoms with Crippen LogP contribution in [0.3, 0.4) is 0 Å². The highest BCUT2D eigenvalue weighted by molar-refractivity contribution is 7.92. The zero-order valence-electron chi connectivity index (χ0n) is 14.8. The largest absolute Gasteiger partial charge is 0.315 e. The summed E-state index contributed by atoms with van der Waals surface area (Å²) in [5.41, 5.74) is 2.93. The number of amides is 1. The van der Waals surface area contributed by atoms with Crippen LogP contribution in [0, 0.1) is 11.3 Å². The van der Waals surface area contributed by atoms with E-state index in [1.54, 1.807) is 30.3 Å². The lowest BCUT2D eigenvalue weighted by Crippen LogP contribution is -2.49. The lowest BCUT2D eigenvalue weighted by molar-refractivity contribution is -0.131. The van der Waals surface area contributed by atoms with Crippen LogP contribution in [0.15, 0.2) is 47.4 Å². The summed E-state index contributed by atoms with van der Waals surface area (Å²) in [6.45, 7) is 1.17. The summed E-state index contributed by atoms with van der Waals surface area (Å²) in [4.78, 5) is 24.2. The molecule has 2 aromatic rings. The molecular weight excluding hydrogens is 370 g/mol. The minimum Gasteiger partial charge on any atom is -0.315 e. The number of pyridine rings is 1. The number of benzene rings is 1. The van der Waals surface area contributed by atoms with E-state index in [0.29, 0.717) is 11.1 Å². The van der Waals surface area contributed by atoms with Gasteiger partial charge in [-0.2, -0.15) is 5.26 Å². The van der Waals surface area contributed by atoms with Crippen LogP contribution in [-0.4, -0.2) is 35.1 Å². The molecule has 0 aliphatic heterocycles. The van der Waals surface area contributed by atoms with Gasteiger partial charge in [0, 0.05) is 25.1 Å². The Bertz CT molecular complexity index is 1050. The summed E-state index contributed by atoms with van der Waals surface area (Å²) in [7, 11) is -3.83. The van der Waals surface area contributed by atoms with Crippen molar-refractivity contribution < 1.29 is 18.4 Å². The number of nitrogens with one attached hydrogen (secondary N) is 1. The van der Waals surface area contributed by atoms with Crippen molar-refractivity contribution in [2.75, 3.05) is 6.26 Å². The molecule has 8 nitrogen and oxygen atoms in total. The van der Waals surface area contributed by atoms with Gasteiger partial charge in [0.2, 0.25) is 0 Å². The van der Waals surface area contributed by atoms with Crippen molar-refractivity contribution in [3.63, 3.8) is 0 Å². The van der Waals surface area contributed by atoms with E-state index >= 15 is 0 Å². The molecule has 27 heavy (non-hydrogen) atoms. The van der Waals surface area contributed by atoms with Crippen molar-refractivity contribution in [3.8, 4) is 17.2 Å². The molecule has 0 aliphatic carbocycles. The van der Waals surface area contributed by atoms with Crippen LogP contribution >= 0.6 is 0 Å². The number of nitrogens with zero attached hydrogens (tertiary/aromatic N) is 2. The molecule has 2 rings (SSSR count).